The first-order chi connectivity index (χ1) is 5.68. The highest BCUT2D eigenvalue weighted by Gasteiger charge is 2.40. The number of aromatic nitrogens is 2. The summed E-state index contributed by atoms with van der Waals surface area (Å²) >= 11 is 0. The predicted molar refractivity (Wildman–Crippen MR) is 44.7 cm³/mol. The fourth-order valence-electron chi connectivity index (χ4n) is 1.21. The Morgan fingerprint density at radius 2 is 2.00 bits per heavy atom. The molecule has 3 nitrogen and oxygen atoms in total. The third kappa shape index (κ3) is 1.61. The zero-order chi connectivity index (χ0) is 8.60. The first kappa shape index (κ1) is 7.68. The zero-order valence-electron chi connectivity index (χ0n) is 7.12. The van der Waals surface area contributed by atoms with Crippen LogP contribution in [0.1, 0.15) is 24.2 Å². The molecular formula is C9H12N2O. The molecule has 1 aliphatic rings. The molecule has 0 aromatic carbocycles. The number of hydrogen-bond acceptors (Lipinski definition) is 3. The van der Waals surface area contributed by atoms with Gasteiger partial charge in [0.15, 0.2) is 0 Å². The lowest BCUT2D eigenvalue weighted by Gasteiger charge is -2.05. The molecule has 0 bridgehead atoms. The Balaban J connectivity index is 2.08. The van der Waals surface area contributed by atoms with Crippen LogP contribution in [0.25, 0.3) is 0 Å². The minimum atomic E-state index is -0.432. The molecule has 0 radical (unpaired) electrons. The molecule has 0 saturated heterocycles. The maximum Gasteiger partial charge on any atom is 0.125 e. The molecule has 1 saturated carbocycles. The number of hydrogen-bond donors (Lipinski definition) is 1. The normalized spacial score (nSPS) is 19.2. The SMILES string of the molecule is Cc1ncc(CC2(O)CC2)cn1. The molecule has 1 aromatic heterocycles. The number of aliphatic hydroxyl groups is 1. The lowest BCUT2D eigenvalue weighted by molar-refractivity contribution is 0.150. The maximum atomic E-state index is 9.60. The molecule has 64 valence electrons. The smallest absolute Gasteiger partial charge is 0.125 e. The Morgan fingerprint density at radius 3 is 2.50 bits per heavy atom. The summed E-state index contributed by atoms with van der Waals surface area (Å²) in [5, 5.41) is 9.60. The average Bonchev–Trinajstić information content (AvgIpc) is 2.74. The maximum absolute atomic E-state index is 9.60. The van der Waals surface area contributed by atoms with E-state index in [9.17, 15) is 5.11 Å². The van der Waals surface area contributed by atoms with E-state index in [4.69, 9.17) is 0 Å². The summed E-state index contributed by atoms with van der Waals surface area (Å²) in [6.07, 6.45) is 6.12. The molecule has 1 fully saturated rings. The Morgan fingerprint density at radius 1 is 1.42 bits per heavy atom. The highest BCUT2D eigenvalue weighted by molar-refractivity contribution is 5.12. The van der Waals surface area contributed by atoms with Gasteiger partial charge in [-0.25, -0.2) is 9.97 Å². The van der Waals surface area contributed by atoms with Gasteiger partial charge in [-0.2, -0.15) is 0 Å². The predicted octanol–water partition coefficient (Wildman–Crippen LogP) is 0.852. The second-order valence-corrected chi connectivity index (χ2v) is 3.54. The van der Waals surface area contributed by atoms with Crippen LogP contribution in [0.15, 0.2) is 12.4 Å². The third-order valence-electron chi connectivity index (χ3n) is 2.19. The lowest BCUT2D eigenvalue weighted by atomic mass is 10.1. The fourth-order valence-corrected chi connectivity index (χ4v) is 1.21. The van der Waals surface area contributed by atoms with E-state index >= 15 is 0 Å². The fraction of sp³-hybridized carbons (Fsp3) is 0.556. The van der Waals surface area contributed by atoms with Crippen LogP contribution in [0, 0.1) is 6.92 Å². The number of nitrogens with zero attached hydrogens (tertiary/aromatic N) is 2. The first-order valence-corrected chi connectivity index (χ1v) is 4.18. The van der Waals surface area contributed by atoms with Crippen LogP contribution in [-0.2, 0) is 6.42 Å². The van der Waals surface area contributed by atoms with E-state index in [1.54, 1.807) is 12.4 Å². The summed E-state index contributed by atoms with van der Waals surface area (Å²) in [7, 11) is 0. The van der Waals surface area contributed by atoms with Crippen LogP contribution < -0.4 is 0 Å². The standard InChI is InChI=1S/C9H12N2O/c1-7-10-5-8(6-11-7)4-9(12)2-3-9/h5-6,12H,2-4H2,1H3. The van der Waals surface area contributed by atoms with Gasteiger partial charge in [0.05, 0.1) is 5.60 Å². The molecule has 3 heteroatoms. The average molecular weight is 164 g/mol. The summed E-state index contributed by atoms with van der Waals surface area (Å²) in [5.74, 6) is 0.779. The van der Waals surface area contributed by atoms with Crippen LogP contribution in [0.3, 0.4) is 0 Å². The second-order valence-electron chi connectivity index (χ2n) is 3.54. The highest BCUT2D eigenvalue weighted by Crippen LogP contribution is 2.37. The summed E-state index contributed by atoms with van der Waals surface area (Å²) < 4.78 is 0. The van der Waals surface area contributed by atoms with Gasteiger partial charge in [-0.15, -0.1) is 0 Å². The molecule has 1 N–H and O–H groups in total. The van der Waals surface area contributed by atoms with E-state index in [0.717, 1.165) is 24.2 Å². The second kappa shape index (κ2) is 2.52. The highest BCUT2D eigenvalue weighted by atomic mass is 16.3. The van der Waals surface area contributed by atoms with Gasteiger partial charge < -0.3 is 5.11 Å². The van der Waals surface area contributed by atoms with Gasteiger partial charge in [0, 0.05) is 18.8 Å². The first-order valence-electron chi connectivity index (χ1n) is 4.18. The van der Waals surface area contributed by atoms with Gasteiger partial charge >= 0.3 is 0 Å². The van der Waals surface area contributed by atoms with E-state index < -0.39 is 5.60 Å². The Hall–Kier alpha value is -0.960. The van der Waals surface area contributed by atoms with Crippen molar-refractivity contribution in [1.29, 1.82) is 0 Å². The summed E-state index contributed by atoms with van der Waals surface area (Å²) in [4.78, 5) is 8.14. The van der Waals surface area contributed by atoms with E-state index in [0.29, 0.717) is 6.42 Å². The molecule has 12 heavy (non-hydrogen) atoms. The number of aryl methyl sites for hydroxylation is 1. The van der Waals surface area contributed by atoms with E-state index in [1.165, 1.54) is 0 Å². The van der Waals surface area contributed by atoms with E-state index in [-0.39, 0.29) is 0 Å². The number of rotatable bonds is 2. The van der Waals surface area contributed by atoms with Crippen molar-refractivity contribution in [1.82, 2.24) is 9.97 Å². The summed E-state index contributed by atoms with van der Waals surface area (Å²) in [6.45, 7) is 1.86. The van der Waals surface area contributed by atoms with Crippen LogP contribution >= 0.6 is 0 Å². The minimum absolute atomic E-state index is 0.432. The van der Waals surface area contributed by atoms with Crippen molar-refractivity contribution in [3.63, 3.8) is 0 Å². The van der Waals surface area contributed by atoms with E-state index in [1.807, 2.05) is 6.92 Å². The van der Waals surface area contributed by atoms with Gasteiger partial charge in [0.1, 0.15) is 5.82 Å². The van der Waals surface area contributed by atoms with Crippen molar-refractivity contribution in [2.75, 3.05) is 0 Å². The van der Waals surface area contributed by atoms with Gasteiger partial charge in [-0.1, -0.05) is 0 Å². The molecule has 2 rings (SSSR count). The molecular weight excluding hydrogens is 152 g/mol. The summed E-state index contributed by atoms with van der Waals surface area (Å²) in [5.41, 5.74) is 0.596. The largest absolute Gasteiger partial charge is 0.390 e. The van der Waals surface area contributed by atoms with Crippen LogP contribution in [0.2, 0.25) is 0 Å². The van der Waals surface area contributed by atoms with Crippen LogP contribution in [-0.4, -0.2) is 20.7 Å². The van der Waals surface area contributed by atoms with Crippen molar-refractivity contribution in [2.45, 2.75) is 31.8 Å². The zero-order valence-corrected chi connectivity index (χ0v) is 7.12. The van der Waals surface area contributed by atoms with Gasteiger partial charge in [0.25, 0.3) is 0 Å². The van der Waals surface area contributed by atoms with Crippen molar-refractivity contribution in [3.05, 3.63) is 23.8 Å². The van der Waals surface area contributed by atoms with Gasteiger partial charge in [-0.3, -0.25) is 0 Å². The Bertz CT molecular complexity index is 277. The van der Waals surface area contributed by atoms with Crippen LogP contribution in [0.4, 0.5) is 0 Å². The molecule has 0 spiro atoms. The lowest BCUT2D eigenvalue weighted by Crippen LogP contribution is -2.11. The van der Waals surface area contributed by atoms with Crippen molar-refractivity contribution in [3.8, 4) is 0 Å². The van der Waals surface area contributed by atoms with Crippen molar-refractivity contribution < 1.29 is 5.11 Å². The van der Waals surface area contributed by atoms with Gasteiger partial charge in [-0.05, 0) is 25.3 Å². The molecule has 1 aliphatic carbocycles. The third-order valence-corrected chi connectivity index (χ3v) is 2.19. The van der Waals surface area contributed by atoms with Crippen LogP contribution in [0.5, 0.6) is 0 Å². The quantitative estimate of drug-likeness (QED) is 0.705. The van der Waals surface area contributed by atoms with E-state index in [2.05, 4.69) is 9.97 Å². The molecule has 0 amide bonds. The molecule has 1 heterocycles. The molecule has 1 aromatic rings. The topological polar surface area (TPSA) is 46.0 Å². The summed E-state index contributed by atoms with van der Waals surface area (Å²) in [6, 6.07) is 0. The minimum Gasteiger partial charge on any atom is -0.390 e. The monoisotopic (exact) mass is 164 g/mol. The molecule has 0 aliphatic heterocycles. The van der Waals surface area contributed by atoms with Crippen molar-refractivity contribution >= 4 is 0 Å². The van der Waals surface area contributed by atoms with Crippen molar-refractivity contribution in [2.24, 2.45) is 0 Å². The molecule has 0 unspecified atom stereocenters. The Labute approximate surface area is 71.5 Å². The van der Waals surface area contributed by atoms with Gasteiger partial charge in [0.2, 0.25) is 0 Å². The Kier molecular flexibility index (Phi) is 1.61. The molecule has 0 atom stereocenters.